The molecule has 1 N–H and O–H groups in total. The van der Waals surface area contributed by atoms with Crippen LogP contribution in [0.15, 0.2) is 35.7 Å². The number of anilines is 1. The van der Waals surface area contributed by atoms with Gasteiger partial charge in [-0.3, -0.25) is 10.1 Å². The Morgan fingerprint density at radius 2 is 2.30 bits per heavy atom. The average Bonchev–Trinajstić information content (AvgIpc) is 2.98. The minimum absolute atomic E-state index is 0.0738. The van der Waals surface area contributed by atoms with E-state index in [-0.39, 0.29) is 17.3 Å². The Kier molecular flexibility index (Phi) is 4.33. The van der Waals surface area contributed by atoms with Crippen LogP contribution in [0.4, 0.5) is 11.4 Å². The number of nitriles is 1. The molecule has 2 aromatic rings. The summed E-state index contributed by atoms with van der Waals surface area (Å²) in [5, 5.41) is 25.1. The number of benzene rings is 1. The number of rotatable bonds is 5. The first-order chi connectivity index (χ1) is 9.65. The Bertz CT molecular complexity index is 647. The Balaban J connectivity index is 2.28. The SMILES string of the molecule is CCC(Nc1ccc(C#N)c([N+](=O)[O-])c1)c1cccs1. The van der Waals surface area contributed by atoms with Crippen LogP contribution in [-0.4, -0.2) is 4.92 Å². The minimum Gasteiger partial charge on any atom is -0.377 e. The average molecular weight is 287 g/mol. The Hall–Kier alpha value is -2.39. The summed E-state index contributed by atoms with van der Waals surface area (Å²) in [6, 6.07) is 10.5. The first-order valence-corrected chi connectivity index (χ1v) is 7.02. The smallest absolute Gasteiger partial charge is 0.289 e. The van der Waals surface area contributed by atoms with Crippen molar-refractivity contribution in [2.75, 3.05) is 5.32 Å². The second-order valence-corrected chi connectivity index (χ2v) is 5.20. The fourth-order valence-electron chi connectivity index (χ4n) is 1.93. The molecular formula is C14H13N3O2S. The fraction of sp³-hybridized carbons (Fsp3) is 0.214. The molecule has 1 aromatic heterocycles. The predicted molar refractivity (Wildman–Crippen MR) is 78.8 cm³/mol. The largest absolute Gasteiger partial charge is 0.377 e. The quantitative estimate of drug-likeness (QED) is 0.663. The van der Waals surface area contributed by atoms with Crippen LogP contribution in [0.25, 0.3) is 0 Å². The molecule has 0 aliphatic heterocycles. The zero-order valence-electron chi connectivity index (χ0n) is 10.9. The summed E-state index contributed by atoms with van der Waals surface area (Å²) >= 11 is 1.64. The Morgan fingerprint density at radius 1 is 1.50 bits per heavy atom. The van der Waals surface area contributed by atoms with E-state index in [0.29, 0.717) is 5.69 Å². The third-order valence-electron chi connectivity index (χ3n) is 2.95. The monoisotopic (exact) mass is 287 g/mol. The highest BCUT2D eigenvalue weighted by Crippen LogP contribution is 2.29. The van der Waals surface area contributed by atoms with Gasteiger partial charge in [0, 0.05) is 16.6 Å². The molecule has 1 atom stereocenters. The molecule has 6 heteroatoms. The Labute approximate surface area is 120 Å². The van der Waals surface area contributed by atoms with Gasteiger partial charge in [0.2, 0.25) is 0 Å². The first kappa shape index (κ1) is 14.0. The summed E-state index contributed by atoms with van der Waals surface area (Å²) in [5.41, 5.74) is 0.555. The van der Waals surface area contributed by atoms with Crippen molar-refractivity contribution in [2.45, 2.75) is 19.4 Å². The minimum atomic E-state index is -0.532. The molecule has 2 rings (SSSR count). The highest BCUT2D eigenvalue weighted by atomic mass is 32.1. The van der Waals surface area contributed by atoms with Gasteiger partial charge >= 0.3 is 0 Å². The van der Waals surface area contributed by atoms with Gasteiger partial charge in [0.05, 0.1) is 11.0 Å². The van der Waals surface area contributed by atoms with Crippen LogP contribution in [0.3, 0.4) is 0 Å². The van der Waals surface area contributed by atoms with E-state index >= 15 is 0 Å². The van der Waals surface area contributed by atoms with Crippen molar-refractivity contribution in [1.29, 1.82) is 5.26 Å². The lowest BCUT2D eigenvalue weighted by Gasteiger charge is -2.16. The van der Waals surface area contributed by atoms with E-state index in [1.54, 1.807) is 17.4 Å². The fourth-order valence-corrected chi connectivity index (χ4v) is 2.79. The van der Waals surface area contributed by atoms with E-state index in [4.69, 9.17) is 5.26 Å². The van der Waals surface area contributed by atoms with Crippen LogP contribution in [-0.2, 0) is 0 Å². The van der Waals surface area contributed by atoms with Gasteiger partial charge in [0.15, 0.2) is 0 Å². The van der Waals surface area contributed by atoms with Gasteiger partial charge in [-0.15, -0.1) is 11.3 Å². The van der Waals surface area contributed by atoms with Crippen molar-refractivity contribution in [3.8, 4) is 6.07 Å². The van der Waals surface area contributed by atoms with E-state index in [9.17, 15) is 10.1 Å². The summed E-state index contributed by atoms with van der Waals surface area (Å²) in [5.74, 6) is 0. The molecule has 0 amide bonds. The highest BCUT2D eigenvalue weighted by Gasteiger charge is 2.16. The van der Waals surface area contributed by atoms with Gasteiger partial charge in [-0.1, -0.05) is 13.0 Å². The molecule has 1 unspecified atom stereocenters. The van der Waals surface area contributed by atoms with Crippen LogP contribution in [0.2, 0.25) is 0 Å². The maximum atomic E-state index is 10.9. The van der Waals surface area contributed by atoms with Crippen molar-refractivity contribution in [3.05, 3.63) is 56.3 Å². The molecule has 1 heterocycles. The number of nitro benzene ring substituents is 1. The molecule has 0 fully saturated rings. The predicted octanol–water partition coefficient (Wildman–Crippen LogP) is 4.09. The lowest BCUT2D eigenvalue weighted by atomic mass is 10.1. The van der Waals surface area contributed by atoms with Gasteiger partial charge in [-0.25, -0.2) is 0 Å². The molecule has 0 spiro atoms. The zero-order valence-corrected chi connectivity index (χ0v) is 11.7. The van der Waals surface area contributed by atoms with E-state index in [1.807, 2.05) is 23.6 Å². The summed E-state index contributed by atoms with van der Waals surface area (Å²) < 4.78 is 0. The number of thiophene rings is 1. The van der Waals surface area contributed by atoms with Gasteiger partial charge in [0.25, 0.3) is 5.69 Å². The molecular weight excluding hydrogens is 274 g/mol. The maximum Gasteiger partial charge on any atom is 0.289 e. The molecule has 0 aliphatic carbocycles. The lowest BCUT2D eigenvalue weighted by Crippen LogP contribution is -2.08. The van der Waals surface area contributed by atoms with Crippen molar-refractivity contribution in [2.24, 2.45) is 0 Å². The molecule has 0 saturated heterocycles. The van der Waals surface area contributed by atoms with E-state index < -0.39 is 4.92 Å². The Morgan fingerprint density at radius 3 is 2.85 bits per heavy atom. The van der Waals surface area contributed by atoms with Crippen LogP contribution < -0.4 is 5.32 Å². The summed E-state index contributed by atoms with van der Waals surface area (Å²) in [6.45, 7) is 2.05. The number of hydrogen-bond acceptors (Lipinski definition) is 5. The number of nitrogens with one attached hydrogen (secondary N) is 1. The van der Waals surface area contributed by atoms with Crippen molar-refractivity contribution < 1.29 is 4.92 Å². The molecule has 102 valence electrons. The van der Waals surface area contributed by atoms with Gasteiger partial charge in [-0.2, -0.15) is 5.26 Å². The molecule has 1 aromatic carbocycles. The van der Waals surface area contributed by atoms with E-state index in [0.717, 1.165) is 6.42 Å². The van der Waals surface area contributed by atoms with Gasteiger partial charge in [-0.05, 0) is 30.0 Å². The van der Waals surface area contributed by atoms with E-state index in [1.165, 1.54) is 17.0 Å². The van der Waals surface area contributed by atoms with Gasteiger partial charge in [0.1, 0.15) is 11.6 Å². The van der Waals surface area contributed by atoms with Crippen molar-refractivity contribution >= 4 is 22.7 Å². The second kappa shape index (κ2) is 6.17. The molecule has 0 aliphatic rings. The van der Waals surface area contributed by atoms with Crippen LogP contribution in [0, 0.1) is 21.4 Å². The topological polar surface area (TPSA) is 79.0 Å². The van der Waals surface area contributed by atoms with Crippen molar-refractivity contribution in [1.82, 2.24) is 0 Å². The van der Waals surface area contributed by atoms with Crippen LogP contribution in [0.5, 0.6) is 0 Å². The summed E-state index contributed by atoms with van der Waals surface area (Å²) in [4.78, 5) is 11.6. The van der Waals surface area contributed by atoms with E-state index in [2.05, 4.69) is 12.2 Å². The van der Waals surface area contributed by atoms with Crippen LogP contribution in [0.1, 0.15) is 29.8 Å². The number of nitrogens with zero attached hydrogens (tertiary/aromatic N) is 2. The normalized spacial score (nSPS) is 11.6. The second-order valence-electron chi connectivity index (χ2n) is 4.22. The number of hydrogen-bond donors (Lipinski definition) is 1. The lowest BCUT2D eigenvalue weighted by molar-refractivity contribution is -0.385. The zero-order chi connectivity index (χ0) is 14.5. The third-order valence-corrected chi connectivity index (χ3v) is 3.94. The molecule has 20 heavy (non-hydrogen) atoms. The highest BCUT2D eigenvalue weighted by molar-refractivity contribution is 7.10. The summed E-state index contributed by atoms with van der Waals surface area (Å²) in [7, 11) is 0. The van der Waals surface area contributed by atoms with Crippen LogP contribution >= 0.6 is 11.3 Å². The molecule has 0 saturated carbocycles. The number of nitro groups is 1. The third kappa shape index (κ3) is 2.95. The molecule has 0 radical (unpaired) electrons. The van der Waals surface area contributed by atoms with Crippen molar-refractivity contribution in [3.63, 3.8) is 0 Å². The standard InChI is InChI=1S/C14H13N3O2S/c1-2-12(14-4-3-7-20-14)16-11-6-5-10(9-15)13(8-11)17(18)19/h3-8,12,16H,2H2,1H3. The maximum absolute atomic E-state index is 10.9. The summed E-state index contributed by atoms with van der Waals surface area (Å²) in [6.07, 6.45) is 0.869. The van der Waals surface area contributed by atoms with Gasteiger partial charge < -0.3 is 5.32 Å². The first-order valence-electron chi connectivity index (χ1n) is 6.14. The molecule has 0 bridgehead atoms. The molecule has 5 nitrogen and oxygen atoms in total.